The molecule has 1 saturated heterocycles. The first kappa shape index (κ1) is 24.5. The van der Waals surface area contributed by atoms with Crippen molar-refractivity contribution in [1.82, 2.24) is 25.1 Å². The van der Waals surface area contributed by atoms with E-state index in [4.69, 9.17) is 10.2 Å². The van der Waals surface area contributed by atoms with Gasteiger partial charge in [0, 0.05) is 56.1 Å². The molecule has 0 saturated carbocycles. The maximum Gasteiger partial charge on any atom is 0.227 e. The Bertz CT molecular complexity index is 980. The fraction of sp³-hybridized carbons (Fsp3) is 0.478. The normalized spacial score (nSPS) is 15.4. The molecule has 33 heavy (non-hydrogen) atoms. The predicted octanol–water partition coefficient (Wildman–Crippen LogP) is 0.889. The van der Waals surface area contributed by atoms with Gasteiger partial charge in [0.15, 0.2) is 5.76 Å². The zero-order valence-corrected chi connectivity index (χ0v) is 19.3. The molecule has 10 heteroatoms. The van der Waals surface area contributed by atoms with Crippen molar-refractivity contribution in [2.75, 3.05) is 39.8 Å². The summed E-state index contributed by atoms with van der Waals surface area (Å²) in [4.78, 5) is 49.6. The minimum absolute atomic E-state index is 0.138. The van der Waals surface area contributed by atoms with E-state index >= 15 is 0 Å². The zero-order valence-electron chi connectivity index (χ0n) is 19.3. The number of Topliss-reactive ketones (excluding diaryl/α,β-unsaturated/α-hetero) is 1. The van der Waals surface area contributed by atoms with E-state index in [2.05, 4.69) is 32.1 Å². The van der Waals surface area contributed by atoms with Gasteiger partial charge in [0.05, 0.1) is 13.0 Å². The Morgan fingerprint density at radius 1 is 1.18 bits per heavy atom. The molecule has 3 heterocycles. The fourth-order valence-corrected chi connectivity index (χ4v) is 3.28. The first-order valence-corrected chi connectivity index (χ1v) is 10.9. The molecule has 1 aliphatic rings. The number of oxazole rings is 1. The summed E-state index contributed by atoms with van der Waals surface area (Å²) in [6.07, 6.45) is 4.76. The molecule has 0 bridgehead atoms. The molecule has 0 unspecified atom stereocenters. The van der Waals surface area contributed by atoms with Crippen LogP contribution in [-0.2, 0) is 16.1 Å². The second kappa shape index (κ2) is 10.7. The molecule has 10 nitrogen and oxygen atoms in total. The second-order valence-electron chi connectivity index (χ2n) is 8.91. The van der Waals surface area contributed by atoms with E-state index in [0.29, 0.717) is 18.1 Å². The summed E-state index contributed by atoms with van der Waals surface area (Å²) < 4.78 is 5.86. The molecule has 1 aliphatic heterocycles. The van der Waals surface area contributed by atoms with Gasteiger partial charge in [-0.15, -0.1) is 0 Å². The Morgan fingerprint density at radius 3 is 2.48 bits per heavy atom. The van der Waals surface area contributed by atoms with Crippen molar-refractivity contribution in [2.45, 2.75) is 26.8 Å². The Hall–Kier alpha value is -3.11. The third-order valence-corrected chi connectivity index (χ3v) is 5.74. The molecule has 1 fully saturated rings. The van der Waals surface area contributed by atoms with Crippen molar-refractivity contribution in [1.29, 1.82) is 0 Å². The number of amides is 2. The summed E-state index contributed by atoms with van der Waals surface area (Å²) in [5.74, 6) is -0.846. The number of likely N-dealkylation sites (N-methyl/N-ethyl adjacent to an activating group) is 1. The highest BCUT2D eigenvalue weighted by molar-refractivity contribution is 5.99. The maximum atomic E-state index is 12.9. The molecule has 2 amide bonds. The number of ketones is 1. The van der Waals surface area contributed by atoms with Crippen molar-refractivity contribution < 1.29 is 18.8 Å². The van der Waals surface area contributed by atoms with Crippen LogP contribution in [0, 0.1) is 11.8 Å². The Morgan fingerprint density at radius 2 is 1.85 bits per heavy atom. The number of nitrogens with one attached hydrogen (secondary N) is 1. The number of hydrogen-bond donors (Lipinski definition) is 2. The number of nitrogens with two attached hydrogens (primary N) is 1. The molecule has 0 aromatic carbocycles. The zero-order chi connectivity index (χ0) is 24.0. The maximum absolute atomic E-state index is 12.9. The van der Waals surface area contributed by atoms with Crippen LogP contribution in [0.5, 0.6) is 0 Å². The fourth-order valence-electron chi connectivity index (χ4n) is 3.28. The van der Waals surface area contributed by atoms with Crippen LogP contribution in [0.3, 0.4) is 0 Å². The molecule has 3 rings (SSSR count). The smallest absolute Gasteiger partial charge is 0.227 e. The quantitative estimate of drug-likeness (QED) is 0.504. The van der Waals surface area contributed by atoms with E-state index in [9.17, 15) is 14.4 Å². The number of pyridine rings is 1. The van der Waals surface area contributed by atoms with Crippen molar-refractivity contribution in [3.8, 4) is 11.5 Å². The van der Waals surface area contributed by atoms with Gasteiger partial charge in [-0.3, -0.25) is 24.3 Å². The van der Waals surface area contributed by atoms with Gasteiger partial charge in [-0.25, -0.2) is 4.98 Å². The third kappa shape index (κ3) is 6.69. The van der Waals surface area contributed by atoms with Crippen LogP contribution in [0.1, 0.15) is 36.5 Å². The molecule has 3 N–H and O–H groups in total. The molecule has 0 aliphatic carbocycles. The lowest BCUT2D eigenvalue weighted by molar-refractivity contribution is -0.126. The first-order valence-electron chi connectivity index (χ1n) is 10.9. The average molecular weight is 456 g/mol. The van der Waals surface area contributed by atoms with E-state index in [1.807, 2.05) is 0 Å². The van der Waals surface area contributed by atoms with Gasteiger partial charge in [-0.05, 0) is 25.6 Å². The van der Waals surface area contributed by atoms with Gasteiger partial charge < -0.3 is 20.4 Å². The Balaban J connectivity index is 1.69. The van der Waals surface area contributed by atoms with Gasteiger partial charge >= 0.3 is 0 Å². The van der Waals surface area contributed by atoms with Gasteiger partial charge in [0.1, 0.15) is 5.69 Å². The van der Waals surface area contributed by atoms with Crippen LogP contribution in [0.25, 0.3) is 11.5 Å². The summed E-state index contributed by atoms with van der Waals surface area (Å²) in [6, 6.07) is 3.52. The van der Waals surface area contributed by atoms with Crippen LogP contribution in [0.15, 0.2) is 28.9 Å². The largest absolute Gasteiger partial charge is 0.433 e. The van der Waals surface area contributed by atoms with Gasteiger partial charge in [0.2, 0.25) is 23.5 Å². The molecular formula is C23H31N6O4. The number of rotatable bonds is 10. The topological polar surface area (TPSA) is 135 Å². The average Bonchev–Trinajstić information content (AvgIpc) is 3.22. The summed E-state index contributed by atoms with van der Waals surface area (Å²) >= 11 is 0. The summed E-state index contributed by atoms with van der Waals surface area (Å²) in [5.41, 5.74) is 5.75. The Labute approximate surface area is 193 Å². The molecule has 0 atom stereocenters. The van der Waals surface area contributed by atoms with E-state index in [-0.39, 0.29) is 24.5 Å². The molecule has 1 radical (unpaired) electrons. The predicted molar refractivity (Wildman–Crippen MR) is 122 cm³/mol. The summed E-state index contributed by atoms with van der Waals surface area (Å²) in [5, 5.41) is 2.56. The summed E-state index contributed by atoms with van der Waals surface area (Å²) in [7, 11) is 2.08. The lowest BCUT2D eigenvalue weighted by Crippen LogP contribution is -2.44. The highest BCUT2D eigenvalue weighted by Gasteiger charge is 2.27. The highest BCUT2D eigenvalue weighted by Crippen LogP contribution is 2.24. The molecule has 2 aromatic rings. The van der Waals surface area contributed by atoms with Crippen molar-refractivity contribution in [2.24, 2.45) is 11.1 Å². The lowest BCUT2D eigenvalue weighted by Gasteiger charge is -2.31. The number of hydrogen-bond acceptors (Lipinski definition) is 8. The van der Waals surface area contributed by atoms with Gasteiger partial charge in [-0.2, -0.15) is 0 Å². The van der Waals surface area contributed by atoms with Gasteiger partial charge in [0.25, 0.3) is 0 Å². The Kier molecular flexibility index (Phi) is 7.93. The number of carbonyl (C=O) groups excluding carboxylic acids is 3. The standard InChI is InChI=1S/C23H31N6O4/c1-23(2,22(24)32)7-4-19(31)26-14-18(30)20-17(15-29-12-10-28(3)11-13-29)27-21(33-20)16-5-8-25-9-6-16/h4-6,8-9H,7,10-15H2,1-3H3,(H2,24,32)(H,26,31). The van der Waals surface area contributed by atoms with E-state index in [0.717, 1.165) is 31.7 Å². The van der Waals surface area contributed by atoms with E-state index in [1.165, 1.54) is 6.42 Å². The number of piperazine rings is 1. The first-order chi connectivity index (χ1) is 15.7. The number of nitrogens with zero attached hydrogens (tertiary/aromatic N) is 4. The van der Waals surface area contributed by atoms with Crippen molar-refractivity contribution in [3.63, 3.8) is 0 Å². The number of carbonyl (C=O) groups is 3. The van der Waals surface area contributed by atoms with E-state index in [1.54, 1.807) is 38.4 Å². The van der Waals surface area contributed by atoms with E-state index < -0.39 is 17.2 Å². The SMILES string of the molecule is CN1CCN(Cc2nc(-c3ccncc3)oc2C(=O)CNC(=O)[CH]CC(C)(C)C(N)=O)CC1. The van der Waals surface area contributed by atoms with Crippen LogP contribution in [0.4, 0.5) is 0 Å². The number of primary amides is 1. The van der Waals surface area contributed by atoms with Crippen LogP contribution in [-0.4, -0.2) is 77.1 Å². The van der Waals surface area contributed by atoms with Crippen LogP contribution in [0.2, 0.25) is 0 Å². The molecule has 2 aromatic heterocycles. The molecule has 0 spiro atoms. The molecular weight excluding hydrogens is 424 g/mol. The monoisotopic (exact) mass is 455 g/mol. The van der Waals surface area contributed by atoms with Crippen LogP contribution < -0.4 is 11.1 Å². The minimum atomic E-state index is -0.846. The minimum Gasteiger partial charge on any atom is -0.433 e. The van der Waals surface area contributed by atoms with Gasteiger partial charge in [-0.1, -0.05) is 13.8 Å². The van der Waals surface area contributed by atoms with Crippen LogP contribution >= 0.6 is 0 Å². The lowest BCUT2D eigenvalue weighted by atomic mass is 9.87. The number of aromatic nitrogens is 2. The third-order valence-electron chi connectivity index (χ3n) is 5.74. The molecule has 177 valence electrons. The highest BCUT2D eigenvalue weighted by atomic mass is 16.4. The van der Waals surface area contributed by atoms with Crippen molar-refractivity contribution in [3.05, 3.63) is 42.4 Å². The second-order valence-corrected chi connectivity index (χ2v) is 8.91. The summed E-state index contributed by atoms with van der Waals surface area (Å²) in [6.45, 7) is 7.15. The van der Waals surface area contributed by atoms with Crippen molar-refractivity contribution >= 4 is 17.6 Å².